The lowest BCUT2D eigenvalue weighted by atomic mass is 10.2. The van der Waals surface area contributed by atoms with Crippen molar-refractivity contribution < 1.29 is 19.4 Å². The lowest BCUT2D eigenvalue weighted by Crippen LogP contribution is -2.49. The summed E-state index contributed by atoms with van der Waals surface area (Å²) in [7, 11) is -2.05. The van der Waals surface area contributed by atoms with E-state index in [1.807, 2.05) is 4.90 Å². The van der Waals surface area contributed by atoms with E-state index in [2.05, 4.69) is 43.8 Å². The molecular formula is C16H28N4O4Si. The van der Waals surface area contributed by atoms with Crippen LogP contribution >= 0.6 is 0 Å². The Morgan fingerprint density at radius 3 is 2.36 bits per heavy atom. The molecule has 1 aliphatic heterocycles. The van der Waals surface area contributed by atoms with Crippen LogP contribution in [0.25, 0.3) is 0 Å². The number of aromatic hydroxyl groups is 1. The Labute approximate surface area is 149 Å². The van der Waals surface area contributed by atoms with Crippen molar-refractivity contribution in [2.45, 2.75) is 45.0 Å². The third-order valence-corrected chi connectivity index (χ3v) is 9.47. The molecule has 1 atom stereocenters. The van der Waals surface area contributed by atoms with E-state index in [4.69, 9.17) is 4.43 Å². The normalized spacial score (nSPS) is 19.6. The number of aromatic nitrogens is 2. The van der Waals surface area contributed by atoms with Gasteiger partial charge in [-0.15, -0.1) is 0 Å². The van der Waals surface area contributed by atoms with Crippen LogP contribution in [0.3, 0.4) is 0 Å². The third-order valence-electron chi connectivity index (χ3n) is 4.93. The van der Waals surface area contributed by atoms with Crippen molar-refractivity contribution in [1.82, 2.24) is 14.9 Å². The second-order valence-corrected chi connectivity index (χ2v) is 12.7. The third kappa shape index (κ3) is 4.82. The maximum Gasteiger partial charge on any atom is 0.407 e. The lowest BCUT2D eigenvalue weighted by Gasteiger charge is -2.40. The molecule has 1 aromatic rings. The van der Waals surface area contributed by atoms with Gasteiger partial charge in [-0.2, -0.15) is 0 Å². The molecule has 0 spiro atoms. The highest BCUT2D eigenvalue weighted by molar-refractivity contribution is 6.74. The Hall–Kier alpha value is -1.87. The first-order valence-corrected chi connectivity index (χ1v) is 11.3. The molecule has 25 heavy (non-hydrogen) atoms. The maximum atomic E-state index is 11.5. The summed E-state index contributed by atoms with van der Waals surface area (Å²) in [5.74, 6) is 0.466. The molecule has 2 rings (SSSR count). The SMILES string of the molecule is CC(C)(C)[Si](C)(C)OC1CN(C(=O)O)CCN(c2ncc(O)cn2)C1. The smallest absolute Gasteiger partial charge is 0.407 e. The van der Waals surface area contributed by atoms with Crippen LogP contribution in [0.2, 0.25) is 18.1 Å². The predicted molar refractivity (Wildman–Crippen MR) is 97.6 cm³/mol. The van der Waals surface area contributed by atoms with Gasteiger partial charge >= 0.3 is 6.09 Å². The van der Waals surface area contributed by atoms with Crippen molar-refractivity contribution in [2.24, 2.45) is 0 Å². The molecule has 1 saturated heterocycles. The van der Waals surface area contributed by atoms with E-state index in [1.54, 1.807) is 0 Å². The van der Waals surface area contributed by atoms with Crippen molar-refractivity contribution in [1.29, 1.82) is 0 Å². The molecule has 140 valence electrons. The fraction of sp³-hybridized carbons (Fsp3) is 0.688. The van der Waals surface area contributed by atoms with E-state index in [0.717, 1.165) is 0 Å². The van der Waals surface area contributed by atoms with Gasteiger partial charge in [-0.05, 0) is 18.1 Å². The highest BCUT2D eigenvalue weighted by atomic mass is 28.4. The van der Waals surface area contributed by atoms with Gasteiger partial charge in [0.25, 0.3) is 0 Å². The summed E-state index contributed by atoms with van der Waals surface area (Å²) < 4.78 is 6.47. The zero-order valence-corrected chi connectivity index (χ0v) is 16.6. The van der Waals surface area contributed by atoms with E-state index < -0.39 is 14.4 Å². The first-order chi connectivity index (χ1) is 11.5. The topological polar surface area (TPSA) is 99.0 Å². The molecule has 2 heterocycles. The van der Waals surface area contributed by atoms with Crippen molar-refractivity contribution in [3.63, 3.8) is 0 Å². The van der Waals surface area contributed by atoms with Gasteiger partial charge in [-0.25, -0.2) is 14.8 Å². The Bertz CT molecular complexity index is 603. The van der Waals surface area contributed by atoms with Gasteiger partial charge in [0.05, 0.1) is 25.0 Å². The molecule has 0 radical (unpaired) electrons. The minimum Gasteiger partial charge on any atom is -0.505 e. The summed E-state index contributed by atoms with van der Waals surface area (Å²) in [6.07, 6.45) is 1.48. The maximum absolute atomic E-state index is 11.5. The van der Waals surface area contributed by atoms with E-state index in [0.29, 0.717) is 32.1 Å². The van der Waals surface area contributed by atoms with Gasteiger partial charge in [0, 0.05) is 19.6 Å². The summed E-state index contributed by atoms with van der Waals surface area (Å²) in [5, 5.41) is 18.8. The average Bonchev–Trinajstić information content (AvgIpc) is 2.69. The van der Waals surface area contributed by atoms with Crippen molar-refractivity contribution in [2.75, 3.05) is 31.1 Å². The molecule has 0 bridgehead atoms. The van der Waals surface area contributed by atoms with E-state index >= 15 is 0 Å². The average molecular weight is 369 g/mol. The van der Waals surface area contributed by atoms with Gasteiger partial charge in [0.1, 0.15) is 0 Å². The molecular weight excluding hydrogens is 340 g/mol. The Balaban J connectivity index is 2.22. The van der Waals surface area contributed by atoms with Crippen molar-refractivity contribution in [3.05, 3.63) is 12.4 Å². The van der Waals surface area contributed by atoms with Crippen LogP contribution in [0.15, 0.2) is 12.4 Å². The largest absolute Gasteiger partial charge is 0.505 e. The molecule has 0 saturated carbocycles. The number of hydrogen-bond acceptors (Lipinski definition) is 6. The molecule has 9 heteroatoms. The number of rotatable bonds is 3. The molecule has 1 amide bonds. The monoisotopic (exact) mass is 368 g/mol. The fourth-order valence-corrected chi connectivity index (χ4v) is 3.81. The van der Waals surface area contributed by atoms with Crippen molar-refractivity contribution >= 4 is 20.4 Å². The van der Waals surface area contributed by atoms with Crippen LogP contribution in [-0.2, 0) is 4.43 Å². The highest BCUT2D eigenvalue weighted by Gasteiger charge is 2.40. The lowest BCUT2D eigenvalue weighted by molar-refractivity contribution is 0.114. The number of carbonyl (C=O) groups is 1. The minimum atomic E-state index is -2.05. The summed E-state index contributed by atoms with van der Waals surface area (Å²) >= 11 is 0. The van der Waals surface area contributed by atoms with Crippen LogP contribution in [-0.4, -0.2) is 71.8 Å². The van der Waals surface area contributed by atoms with Crippen molar-refractivity contribution in [3.8, 4) is 5.75 Å². The Morgan fingerprint density at radius 1 is 1.24 bits per heavy atom. The van der Waals surface area contributed by atoms with Gasteiger partial charge in [0.15, 0.2) is 14.1 Å². The molecule has 1 unspecified atom stereocenters. The summed E-state index contributed by atoms with van der Waals surface area (Å²) in [6.45, 7) is 12.5. The summed E-state index contributed by atoms with van der Waals surface area (Å²) in [5.41, 5.74) is 0. The first kappa shape index (κ1) is 19.5. The fourth-order valence-electron chi connectivity index (χ4n) is 2.47. The molecule has 0 aromatic carbocycles. The van der Waals surface area contributed by atoms with Gasteiger partial charge in [0.2, 0.25) is 5.95 Å². The van der Waals surface area contributed by atoms with Gasteiger partial charge < -0.3 is 24.4 Å². The molecule has 8 nitrogen and oxygen atoms in total. The number of nitrogens with zero attached hydrogens (tertiary/aromatic N) is 4. The number of amides is 1. The van der Waals surface area contributed by atoms with E-state index in [1.165, 1.54) is 17.3 Å². The van der Waals surface area contributed by atoms with E-state index in [9.17, 15) is 15.0 Å². The standard InChI is InChI=1S/C16H28N4O4Si/c1-16(2,3)25(4,5)24-13-10-19(6-7-20(11-13)15(22)23)14-17-8-12(21)9-18-14/h8-9,13,21H,6-7,10-11H2,1-5H3,(H,22,23). The predicted octanol–water partition coefficient (Wildman–Crippen LogP) is 2.37. The Kier molecular flexibility index (Phi) is 5.57. The Morgan fingerprint density at radius 2 is 1.84 bits per heavy atom. The second-order valence-electron chi connectivity index (χ2n) is 7.92. The minimum absolute atomic E-state index is 0.000178. The zero-order chi connectivity index (χ0) is 18.8. The van der Waals surface area contributed by atoms with Gasteiger partial charge in [-0.3, -0.25) is 0 Å². The zero-order valence-electron chi connectivity index (χ0n) is 15.6. The molecule has 1 fully saturated rings. The van der Waals surface area contributed by atoms with Gasteiger partial charge in [-0.1, -0.05) is 20.8 Å². The molecule has 0 aliphatic carbocycles. The summed E-state index contributed by atoms with van der Waals surface area (Å²) in [4.78, 5) is 23.1. The summed E-state index contributed by atoms with van der Waals surface area (Å²) in [6, 6.07) is 0. The van der Waals surface area contributed by atoms with Crippen LogP contribution in [0, 0.1) is 0 Å². The quantitative estimate of drug-likeness (QED) is 0.790. The van der Waals surface area contributed by atoms with Crippen LogP contribution in [0.4, 0.5) is 10.7 Å². The number of carboxylic acid groups (broad SMARTS) is 1. The number of hydrogen-bond donors (Lipinski definition) is 2. The molecule has 1 aliphatic rings. The molecule has 2 N–H and O–H groups in total. The first-order valence-electron chi connectivity index (χ1n) is 8.41. The van der Waals surface area contributed by atoms with Crippen LogP contribution in [0.5, 0.6) is 5.75 Å². The van der Waals surface area contributed by atoms with Crippen LogP contribution in [0.1, 0.15) is 20.8 Å². The molecule has 1 aromatic heterocycles. The second kappa shape index (κ2) is 7.16. The number of anilines is 1. The van der Waals surface area contributed by atoms with E-state index in [-0.39, 0.29) is 16.9 Å². The van der Waals surface area contributed by atoms with Crippen LogP contribution < -0.4 is 4.90 Å². The highest BCUT2D eigenvalue weighted by Crippen LogP contribution is 2.37.